The first-order valence-corrected chi connectivity index (χ1v) is 4.43. The van der Waals surface area contributed by atoms with Crippen molar-refractivity contribution in [2.24, 2.45) is 0 Å². The number of benzene rings is 1. The van der Waals surface area contributed by atoms with Crippen LogP contribution < -0.4 is 0 Å². The molecule has 0 bridgehead atoms. The molecule has 0 heterocycles. The average Bonchev–Trinajstić information content (AvgIpc) is 1.82. The summed E-state index contributed by atoms with van der Waals surface area (Å²) in [6.45, 7) is 1.80. The van der Waals surface area contributed by atoms with Gasteiger partial charge >= 0.3 is 0 Å². The molecule has 0 saturated heterocycles. The Hall–Kier alpha value is -0.150. The van der Waals surface area contributed by atoms with Crippen molar-refractivity contribution in [2.45, 2.75) is 13.3 Å². The molecule has 0 nitrogen and oxygen atoms in total. The minimum Gasteiger partial charge on any atom is -0.205 e. The summed E-state index contributed by atoms with van der Waals surface area (Å²) in [5, 5.41) is 0.108. The van der Waals surface area contributed by atoms with Gasteiger partial charge in [0.25, 0.3) is 6.43 Å². The Balaban J connectivity index is 3.28. The number of hydrogen-bond acceptors (Lipinski definition) is 0. The van der Waals surface area contributed by atoms with Crippen LogP contribution in [0.4, 0.5) is 8.78 Å². The topological polar surface area (TPSA) is 0 Å². The van der Waals surface area contributed by atoms with Gasteiger partial charge in [-0.2, -0.15) is 0 Å². The lowest BCUT2D eigenvalue weighted by atomic mass is 10.1. The zero-order valence-corrected chi connectivity index (χ0v) is 8.59. The Morgan fingerprint density at radius 2 is 2.00 bits per heavy atom. The predicted octanol–water partition coefficient (Wildman–Crippen LogP) is 4.35. The van der Waals surface area contributed by atoms with Crippen molar-refractivity contribution in [2.75, 3.05) is 0 Å². The summed E-state index contributed by atoms with van der Waals surface area (Å²) in [6, 6.07) is 3.14. The smallest absolute Gasteiger partial charge is 0.205 e. The molecule has 0 fully saturated rings. The molecule has 0 atom stereocenters. The predicted molar refractivity (Wildman–Crippen MR) is 48.8 cm³/mol. The van der Waals surface area contributed by atoms with Gasteiger partial charge in [0, 0.05) is 4.47 Å². The van der Waals surface area contributed by atoms with Crippen molar-refractivity contribution < 1.29 is 8.78 Å². The third kappa shape index (κ3) is 1.96. The van der Waals surface area contributed by atoms with Gasteiger partial charge in [-0.05, 0) is 24.6 Å². The molecule has 1 rings (SSSR count). The molecule has 1 aromatic rings. The van der Waals surface area contributed by atoms with E-state index < -0.39 is 6.43 Å². The van der Waals surface area contributed by atoms with Gasteiger partial charge in [-0.3, -0.25) is 0 Å². The zero-order chi connectivity index (χ0) is 9.30. The largest absolute Gasteiger partial charge is 0.266 e. The van der Waals surface area contributed by atoms with Gasteiger partial charge in [0.15, 0.2) is 0 Å². The molecule has 0 amide bonds. The van der Waals surface area contributed by atoms with Gasteiger partial charge in [0.2, 0.25) is 0 Å². The van der Waals surface area contributed by atoms with E-state index >= 15 is 0 Å². The fourth-order valence-electron chi connectivity index (χ4n) is 0.919. The standard InChI is InChI=1S/C8H6BrClF2/c1-4-2-5(9)7(8(11)12)6(10)3-4/h2-3,8H,1H3. The highest BCUT2D eigenvalue weighted by molar-refractivity contribution is 9.10. The second-order valence-electron chi connectivity index (χ2n) is 2.44. The molecule has 0 aliphatic rings. The molecule has 0 aliphatic carbocycles. The fraction of sp³-hybridized carbons (Fsp3) is 0.250. The molecule has 0 aromatic heterocycles. The van der Waals surface area contributed by atoms with Crippen molar-refractivity contribution in [3.63, 3.8) is 0 Å². The summed E-state index contributed by atoms with van der Waals surface area (Å²) in [6.07, 6.45) is -2.53. The van der Waals surface area contributed by atoms with E-state index in [-0.39, 0.29) is 10.6 Å². The van der Waals surface area contributed by atoms with Gasteiger partial charge in [-0.1, -0.05) is 27.5 Å². The van der Waals surface area contributed by atoms with Crippen molar-refractivity contribution in [3.8, 4) is 0 Å². The van der Waals surface area contributed by atoms with E-state index in [1.165, 1.54) is 6.07 Å². The molecule has 12 heavy (non-hydrogen) atoms. The molecule has 0 aliphatic heterocycles. The van der Waals surface area contributed by atoms with Crippen molar-refractivity contribution in [1.29, 1.82) is 0 Å². The minimum absolute atomic E-state index is 0.108. The zero-order valence-electron chi connectivity index (χ0n) is 6.24. The lowest BCUT2D eigenvalue weighted by Crippen LogP contribution is -1.89. The van der Waals surface area contributed by atoms with Crippen LogP contribution in [0.15, 0.2) is 16.6 Å². The van der Waals surface area contributed by atoms with Crippen molar-refractivity contribution >= 4 is 27.5 Å². The van der Waals surface area contributed by atoms with E-state index in [2.05, 4.69) is 15.9 Å². The van der Waals surface area contributed by atoms with Crippen molar-refractivity contribution in [3.05, 3.63) is 32.8 Å². The maximum absolute atomic E-state index is 12.3. The van der Waals surface area contributed by atoms with E-state index in [0.29, 0.717) is 4.47 Å². The normalized spacial score (nSPS) is 10.8. The molecular weight excluding hydrogens is 249 g/mol. The van der Waals surface area contributed by atoms with Gasteiger partial charge in [0.05, 0.1) is 10.6 Å². The number of hydrogen-bond donors (Lipinski definition) is 0. The molecule has 0 unspecified atom stereocenters. The van der Waals surface area contributed by atoms with Crippen LogP contribution in [-0.2, 0) is 0 Å². The molecule has 0 spiro atoms. The molecule has 66 valence electrons. The molecule has 0 saturated carbocycles. The third-order valence-electron chi connectivity index (χ3n) is 1.44. The Kier molecular flexibility index (Phi) is 3.07. The quantitative estimate of drug-likeness (QED) is 0.700. The fourth-order valence-corrected chi connectivity index (χ4v) is 2.14. The van der Waals surface area contributed by atoms with E-state index in [4.69, 9.17) is 11.6 Å². The monoisotopic (exact) mass is 254 g/mol. The highest BCUT2D eigenvalue weighted by atomic mass is 79.9. The van der Waals surface area contributed by atoms with Gasteiger partial charge in [-0.15, -0.1) is 0 Å². The number of rotatable bonds is 1. The first kappa shape index (κ1) is 9.93. The SMILES string of the molecule is Cc1cc(Cl)c(C(F)F)c(Br)c1. The molecule has 4 heteroatoms. The number of halogens is 4. The Morgan fingerprint density at radius 3 is 2.42 bits per heavy atom. The van der Waals surface area contributed by atoms with Crippen molar-refractivity contribution in [1.82, 2.24) is 0 Å². The highest BCUT2D eigenvalue weighted by Gasteiger charge is 2.15. The summed E-state index contributed by atoms with van der Waals surface area (Å²) in [7, 11) is 0. The molecular formula is C8H6BrClF2. The molecule has 0 N–H and O–H groups in total. The minimum atomic E-state index is -2.53. The second kappa shape index (κ2) is 3.71. The van der Waals surface area contributed by atoms with Crippen LogP contribution in [0.25, 0.3) is 0 Å². The summed E-state index contributed by atoms with van der Waals surface area (Å²) < 4.78 is 25.0. The van der Waals surface area contributed by atoms with Crippen LogP contribution in [0.5, 0.6) is 0 Å². The second-order valence-corrected chi connectivity index (χ2v) is 3.70. The number of aryl methyl sites for hydroxylation is 1. The Morgan fingerprint density at radius 1 is 1.42 bits per heavy atom. The molecule has 0 radical (unpaired) electrons. The first-order valence-electron chi connectivity index (χ1n) is 3.26. The van der Waals surface area contributed by atoms with Crippen LogP contribution in [0.3, 0.4) is 0 Å². The maximum atomic E-state index is 12.3. The summed E-state index contributed by atoms with van der Waals surface area (Å²) >= 11 is 8.65. The summed E-state index contributed by atoms with van der Waals surface area (Å²) in [4.78, 5) is 0. The third-order valence-corrected chi connectivity index (χ3v) is 2.41. The van der Waals surface area contributed by atoms with E-state index in [0.717, 1.165) is 5.56 Å². The Bertz CT molecular complexity index is 276. The molecule has 1 aromatic carbocycles. The highest BCUT2D eigenvalue weighted by Crippen LogP contribution is 2.34. The van der Waals surface area contributed by atoms with Gasteiger partial charge in [-0.25, -0.2) is 8.78 Å². The Labute approximate surface area is 82.7 Å². The van der Waals surface area contributed by atoms with E-state index in [1.54, 1.807) is 13.0 Å². The van der Waals surface area contributed by atoms with Gasteiger partial charge in [0.1, 0.15) is 0 Å². The maximum Gasteiger partial charge on any atom is 0.266 e. The summed E-state index contributed by atoms with van der Waals surface area (Å²) in [5.41, 5.74) is 0.721. The first-order chi connectivity index (χ1) is 5.52. The van der Waals surface area contributed by atoms with Crippen LogP contribution in [0.1, 0.15) is 17.6 Å². The van der Waals surface area contributed by atoms with E-state index in [9.17, 15) is 8.78 Å². The van der Waals surface area contributed by atoms with Crippen LogP contribution >= 0.6 is 27.5 Å². The van der Waals surface area contributed by atoms with Crippen LogP contribution in [-0.4, -0.2) is 0 Å². The van der Waals surface area contributed by atoms with Crippen LogP contribution in [0, 0.1) is 6.92 Å². The number of alkyl halides is 2. The van der Waals surface area contributed by atoms with Crippen LogP contribution in [0.2, 0.25) is 5.02 Å². The average molecular weight is 255 g/mol. The lowest BCUT2D eigenvalue weighted by molar-refractivity contribution is 0.150. The summed E-state index contributed by atoms with van der Waals surface area (Å²) in [5.74, 6) is 0. The van der Waals surface area contributed by atoms with E-state index in [1.807, 2.05) is 0 Å². The lowest BCUT2D eigenvalue weighted by Gasteiger charge is -2.06. The van der Waals surface area contributed by atoms with Gasteiger partial charge < -0.3 is 0 Å².